The number of carbonyl (C=O) groups excluding carboxylic acids is 1. The van der Waals surface area contributed by atoms with Crippen LogP contribution in [-0.4, -0.2) is 45.1 Å². The molecule has 0 bridgehead atoms. The summed E-state index contributed by atoms with van der Waals surface area (Å²) >= 11 is 0. The molecule has 28 heavy (non-hydrogen) atoms. The highest BCUT2D eigenvalue weighted by Gasteiger charge is 2.28. The Morgan fingerprint density at radius 3 is 2.75 bits per heavy atom. The van der Waals surface area contributed by atoms with Gasteiger partial charge in [0.1, 0.15) is 6.10 Å². The molecule has 3 aromatic heterocycles. The lowest BCUT2D eigenvalue weighted by atomic mass is 10.0. The van der Waals surface area contributed by atoms with Crippen LogP contribution in [0.25, 0.3) is 11.1 Å². The Bertz CT molecular complexity index is 976. The molecular formula is C21H24N4O3. The van der Waals surface area contributed by atoms with Gasteiger partial charge < -0.3 is 14.2 Å². The van der Waals surface area contributed by atoms with Gasteiger partial charge in [-0.1, -0.05) is 25.1 Å². The van der Waals surface area contributed by atoms with Gasteiger partial charge in [0.25, 0.3) is 11.6 Å². The number of nitrogens with zero attached hydrogens (tertiary/aromatic N) is 4. The molecule has 1 fully saturated rings. The van der Waals surface area contributed by atoms with Crippen LogP contribution in [0.15, 0.2) is 35.0 Å². The van der Waals surface area contributed by atoms with Crippen LogP contribution in [0.1, 0.15) is 54.4 Å². The third kappa shape index (κ3) is 3.56. The van der Waals surface area contributed by atoms with Gasteiger partial charge >= 0.3 is 0 Å². The van der Waals surface area contributed by atoms with E-state index in [9.17, 15) is 4.79 Å². The molecular weight excluding hydrogens is 356 g/mol. The lowest BCUT2D eigenvalue weighted by Crippen LogP contribution is -2.42. The van der Waals surface area contributed by atoms with Gasteiger partial charge in [0.2, 0.25) is 5.88 Å². The molecule has 7 heteroatoms. The molecule has 0 atom stereocenters. The second-order valence-electron chi connectivity index (χ2n) is 7.47. The average molecular weight is 380 g/mol. The van der Waals surface area contributed by atoms with Crippen LogP contribution in [0.5, 0.6) is 5.88 Å². The van der Waals surface area contributed by atoms with Crippen molar-refractivity contribution in [2.75, 3.05) is 13.1 Å². The van der Waals surface area contributed by atoms with Crippen molar-refractivity contribution < 1.29 is 14.1 Å². The SMILES string of the molecule is Cc1noc2nc(C(C)C)cc(C(=O)N3CCC(Oc4ccccn4)CC3)c12. The summed E-state index contributed by atoms with van der Waals surface area (Å²) in [7, 11) is 0. The van der Waals surface area contributed by atoms with Crippen LogP contribution < -0.4 is 4.74 Å². The molecule has 0 N–H and O–H groups in total. The number of hydrogen-bond donors (Lipinski definition) is 0. The Morgan fingerprint density at radius 2 is 2.07 bits per heavy atom. The third-order valence-corrected chi connectivity index (χ3v) is 5.11. The summed E-state index contributed by atoms with van der Waals surface area (Å²) in [6.07, 6.45) is 3.34. The standard InChI is InChI=1S/C21H24N4O3/c1-13(2)17-12-16(19-14(3)24-28-20(19)23-17)21(26)25-10-7-15(8-11-25)27-18-6-4-5-9-22-18/h4-6,9,12-13,15H,7-8,10-11H2,1-3H3. The van der Waals surface area contributed by atoms with E-state index in [1.54, 1.807) is 6.20 Å². The van der Waals surface area contributed by atoms with Crippen molar-refractivity contribution >= 4 is 17.0 Å². The Morgan fingerprint density at radius 1 is 1.29 bits per heavy atom. The van der Waals surface area contributed by atoms with E-state index in [-0.39, 0.29) is 17.9 Å². The number of hydrogen-bond acceptors (Lipinski definition) is 6. The molecule has 1 amide bonds. The van der Waals surface area contributed by atoms with Crippen LogP contribution in [0, 0.1) is 6.92 Å². The zero-order valence-electron chi connectivity index (χ0n) is 16.4. The minimum absolute atomic E-state index is 0.00288. The van der Waals surface area contributed by atoms with E-state index in [1.165, 1.54) is 0 Å². The monoisotopic (exact) mass is 380 g/mol. The maximum Gasteiger partial charge on any atom is 0.259 e. The van der Waals surface area contributed by atoms with Crippen LogP contribution in [0.3, 0.4) is 0 Å². The fraction of sp³-hybridized carbons (Fsp3) is 0.429. The Labute approximate surface area is 163 Å². The van der Waals surface area contributed by atoms with Crippen molar-refractivity contribution in [3.05, 3.63) is 47.4 Å². The molecule has 0 saturated carbocycles. The zero-order valence-corrected chi connectivity index (χ0v) is 16.4. The molecule has 0 radical (unpaired) electrons. The number of likely N-dealkylation sites (tertiary alicyclic amines) is 1. The molecule has 1 aliphatic rings. The number of carbonyl (C=O) groups is 1. The molecule has 1 saturated heterocycles. The molecule has 3 aromatic rings. The van der Waals surface area contributed by atoms with E-state index in [0.29, 0.717) is 41.3 Å². The van der Waals surface area contributed by atoms with Crippen molar-refractivity contribution in [3.63, 3.8) is 0 Å². The largest absolute Gasteiger partial charge is 0.474 e. The van der Waals surface area contributed by atoms with Gasteiger partial charge in [0.05, 0.1) is 16.6 Å². The van der Waals surface area contributed by atoms with Gasteiger partial charge in [-0.05, 0) is 25.0 Å². The smallest absolute Gasteiger partial charge is 0.259 e. The van der Waals surface area contributed by atoms with Crippen LogP contribution in [-0.2, 0) is 0 Å². The van der Waals surface area contributed by atoms with Crippen molar-refractivity contribution in [2.45, 2.75) is 45.6 Å². The topological polar surface area (TPSA) is 81.4 Å². The quantitative estimate of drug-likeness (QED) is 0.686. The van der Waals surface area contributed by atoms with Gasteiger partial charge in [-0.15, -0.1) is 0 Å². The summed E-state index contributed by atoms with van der Waals surface area (Å²) in [4.78, 5) is 23.9. The van der Waals surface area contributed by atoms with Crippen molar-refractivity contribution in [1.82, 2.24) is 20.0 Å². The van der Waals surface area contributed by atoms with Gasteiger partial charge in [-0.2, -0.15) is 0 Å². The minimum atomic E-state index is -0.00288. The van der Waals surface area contributed by atoms with Gasteiger partial charge in [-0.25, -0.2) is 9.97 Å². The zero-order chi connectivity index (χ0) is 19.7. The molecule has 0 spiro atoms. The number of fused-ring (bicyclic) bond motifs is 1. The highest BCUT2D eigenvalue weighted by atomic mass is 16.5. The van der Waals surface area contributed by atoms with E-state index in [0.717, 1.165) is 18.5 Å². The molecule has 4 heterocycles. The van der Waals surface area contributed by atoms with Crippen molar-refractivity contribution in [2.24, 2.45) is 0 Å². The first kappa shape index (κ1) is 18.4. The molecule has 146 valence electrons. The first-order valence-corrected chi connectivity index (χ1v) is 9.67. The molecule has 1 aliphatic heterocycles. The molecule has 0 aromatic carbocycles. The highest BCUT2D eigenvalue weighted by molar-refractivity contribution is 6.06. The fourth-order valence-electron chi connectivity index (χ4n) is 3.51. The Balaban J connectivity index is 1.52. The average Bonchev–Trinajstić information content (AvgIpc) is 3.09. The number of pyridine rings is 2. The first-order valence-electron chi connectivity index (χ1n) is 9.67. The number of aryl methyl sites for hydroxylation is 1. The lowest BCUT2D eigenvalue weighted by Gasteiger charge is -2.32. The van der Waals surface area contributed by atoms with Crippen LogP contribution in [0.2, 0.25) is 0 Å². The Kier molecular flexibility index (Phi) is 4.98. The Hall–Kier alpha value is -2.96. The summed E-state index contributed by atoms with van der Waals surface area (Å²) in [6.45, 7) is 7.22. The predicted molar refractivity (Wildman–Crippen MR) is 104 cm³/mol. The van der Waals surface area contributed by atoms with E-state index >= 15 is 0 Å². The van der Waals surface area contributed by atoms with Crippen LogP contribution in [0.4, 0.5) is 0 Å². The molecule has 0 unspecified atom stereocenters. The van der Waals surface area contributed by atoms with Crippen LogP contribution >= 0.6 is 0 Å². The predicted octanol–water partition coefficient (Wildman–Crippen LogP) is 3.73. The maximum atomic E-state index is 13.3. The normalized spacial score (nSPS) is 15.4. The third-order valence-electron chi connectivity index (χ3n) is 5.11. The van der Waals surface area contributed by atoms with E-state index < -0.39 is 0 Å². The minimum Gasteiger partial charge on any atom is -0.474 e. The number of aromatic nitrogens is 3. The number of rotatable bonds is 4. The van der Waals surface area contributed by atoms with E-state index in [4.69, 9.17) is 9.26 Å². The lowest BCUT2D eigenvalue weighted by molar-refractivity contribution is 0.0589. The van der Waals surface area contributed by atoms with Gasteiger partial charge in [0, 0.05) is 43.9 Å². The van der Waals surface area contributed by atoms with Crippen molar-refractivity contribution in [1.29, 1.82) is 0 Å². The van der Waals surface area contributed by atoms with Crippen molar-refractivity contribution in [3.8, 4) is 5.88 Å². The molecule has 0 aliphatic carbocycles. The second kappa shape index (κ2) is 7.58. The molecule has 7 nitrogen and oxygen atoms in total. The highest BCUT2D eigenvalue weighted by Crippen LogP contribution is 2.27. The number of amides is 1. The summed E-state index contributed by atoms with van der Waals surface area (Å²) in [5.74, 6) is 0.820. The first-order chi connectivity index (χ1) is 13.5. The van der Waals surface area contributed by atoms with E-state index in [1.807, 2.05) is 49.9 Å². The number of piperidine rings is 1. The number of ether oxygens (including phenoxy) is 1. The fourth-order valence-corrected chi connectivity index (χ4v) is 3.51. The van der Waals surface area contributed by atoms with Gasteiger partial charge in [-0.3, -0.25) is 4.79 Å². The molecule has 4 rings (SSSR count). The second-order valence-corrected chi connectivity index (χ2v) is 7.47. The summed E-state index contributed by atoms with van der Waals surface area (Å²) in [6, 6.07) is 7.51. The summed E-state index contributed by atoms with van der Waals surface area (Å²) in [5.41, 5.74) is 2.58. The van der Waals surface area contributed by atoms with E-state index in [2.05, 4.69) is 15.1 Å². The summed E-state index contributed by atoms with van der Waals surface area (Å²) < 4.78 is 11.3. The maximum absolute atomic E-state index is 13.3. The summed E-state index contributed by atoms with van der Waals surface area (Å²) in [5, 5.41) is 4.72. The van der Waals surface area contributed by atoms with Gasteiger partial charge in [0.15, 0.2) is 0 Å².